The molecule has 1 fully saturated rings. The lowest BCUT2D eigenvalue weighted by Gasteiger charge is -2.22. The normalized spacial score (nSPS) is 21.4. The second kappa shape index (κ2) is 3.43. The summed E-state index contributed by atoms with van der Waals surface area (Å²) in [4.78, 5) is 0. The molecule has 2 rings (SSSR count). The molecule has 1 aromatic rings. The molecule has 0 aromatic carbocycles. The Labute approximate surface area is 84.2 Å². The smallest absolute Gasteiger partial charge is 0.0159 e. The van der Waals surface area contributed by atoms with Crippen LogP contribution in [-0.4, -0.2) is 13.1 Å². The van der Waals surface area contributed by atoms with Crippen molar-refractivity contribution >= 4 is 11.3 Å². The van der Waals surface area contributed by atoms with Crippen LogP contribution in [0.1, 0.15) is 25.3 Å². The Morgan fingerprint density at radius 3 is 2.85 bits per heavy atom. The minimum atomic E-state index is 0.580. The van der Waals surface area contributed by atoms with E-state index in [-0.39, 0.29) is 0 Å². The molecule has 13 heavy (non-hydrogen) atoms. The Morgan fingerprint density at radius 1 is 1.62 bits per heavy atom. The highest BCUT2D eigenvalue weighted by Crippen LogP contribution is 2.48. The lowest BCUT2D eigenvalue weighted by Crippen LogP contribution is -2.35. The summed E-state index contributed by atoms with van der Waals surface area (Å²) in [5.41, 5.74) is 2.06. The third-order valence-corrected chi connectivity index (χ3v) is 3.98. The number of nitrogens with one attached hydrogen (secondary N) is 1. The Kier molecular flexibility index (Phi) is 2.43. The van der Waals surface area contributed by atoms with E-state index in [0.29, 0.717) is 11.5 Å². The molecule has 1 saturated carbocycles. The summed E-state index contributed by atoms with van der Waals surface area (Å²) in [7, 11) is 2.08. The zero-order valence-electron chi connectivity index (χ0n) is 8.34. The molecule has 1 heterocycles. The average Bonchev–Trinajstić information content (AvgIpc) is 2.70. The lowest BCUT2D eigenvalue weighted by molar-refractivity contribution is 0.376. The highest BCUT2D eigenvalue weighted by Gasteiger charge is 2.43. The highest BCUT2D eigenvalue weighted by molar-refractivity contribution is 7.07. The molecule has 1 aromatic heterocycles. The van der Waals surface area contributed by atoms with E-state index < -0.39 is 0 Å². The van der Waals surface area contributed by atoms with Crippen molar-refractivity contribution < 1.29 is 0 Å². The van der Waals surface area contributed by atoms with Crippen LogP contribution in [0.15, 0.2) is 16.8 Å². The van der Waals surface area contributed by atoms with E-state index in [1.807, 2.05) is 0 Å². The first-order chi connectivity index (χ1) is 6.24. The zero-order chi connectivity index (χ0) is 9.31. The van der Waals surface area contributed by atoms with Gasteiger partial charge in [0, 0.05) is 6.04 Å². The van der Waals surface area contributed by atoms with Crippen molar-refractivity contribution in [1.29, 1.82) is 0 Å². The van der Waals surface area contributed by atoms with Gasteiger partial charge in [-0.05, 0) is 54.1 Å². The van der Waals surface area contributed by atoms with Crippen molar-refractivity contribution in [1.82, 2.24) is 5.32 Å². The van der Waals surface area contributed by atoms with Gasteiger partial charge in [0.25, 0.3) is 0 Å². The van der Waals surface area contributed by atoms with Crippen molar-refractivity contribution in [2.75, 3.05) is 7.05 Å². The standard InChI is InChI=1S/C11H17NS/c1-11(4-5-11)10(12-2)7-9-3-6-13-8-9/h3,6,8,10,12H,4-5,7H2,1-2H3. The third-order valence-electron chi connectivity index (χ3n) is 3.25. The molecular formula is C11H17NS. The second-order valence-electron chi connectivity index (χ2n) is 4.33. The van der Waals surface area contributed by atoms with Crippen molar-refractivity contribution in [3.05, 3.63) is 22.4 Å². The molecule has 72 valence electrons. The molecule has 0 saturated heterocycles. The first-order valence-corrected chi connectivity index (χ1v) is 5.87. The maximum absolute atomic E-state index is 3.45. The summed E-state index contributed by atoms with van der Waals surface area (Å²) in [5, 5.41) is 7.87. The van der Waals surface area contributed by atoms with Gasteiger partial charge < -0.3 is 5.32 Å². The number of rotatable bonds is 4. The minimum Gasteiger partial charge on any atom is -0.316 e. The van der Waals surface area contributed by atoms with Gasteiger partial charge in [-0.1, -0.05) is 6.92 Å². The van der Waals surface area contributed by atoms with Crippen LogP contribution in [0.5, 0.6) is 0 Å². The predicted octanol–water partition coefficient (Wildman–Crippen LogP) is 2.68. The molecule has 0 aliphatic heterocycles. The van der Waals surface area contributed by atoms with Crippen LogP contribution >= 0.6 is 11.3 Å². The van der Waals surface area contributed by atoms with Gasteiger partial charge in [-0.2, -0.15) is 11.3 Å². The van der Waals surface area contributed by atoms with Gasteiger partial charge in [-0.15, -0.1) is 0 Å². The molecule has 1 aliphatic rings. The van der Waals surface area contributed by atoms with E-state index in [2.05, 4.69) is 36.1 Å². The molecule has 1 unspecified atom stereocenters. The van der Waals surface area contributed by atoms with E-state index in [4.69, 9.17) is 0 Å². The predicted molar refractivity (Wildman–Crippen MR) is 58.2 cm³/mol. The monoisotopic (exact) mass is 195 g/mol. The summed E-state index contributed by atoms with van der Waals surface area (Å²) in [6.07, 6.45) is 3.97. The van der Waals surface area contributed by atoms with Crippen LogP contribution in [-0.2, 0) is 6.42 Å². The first kappa shape index (κ1) is 9.22. The fourth-order valence-corrected chi connectivity index (χ4v) is 2.57. The molecule has 0 radical (unpaired) electrons. The molecule has 0 spiro atoms. The van der Waals surface area contributed by atoms with Crippen molar-refractivity contribution in [2.45, 2.75) is 32.2 Å². The second-order valence-corrected chi connectivity index (χ2v) is 5.11. The lowest BCUT2D eigenvalue weighted by atomic mass is 9.94. The van der Waals surface area contributed by atoms with Crippen LogP contribution in [0, 0.1) is 5.41 Å². The number of likely N-dealkylation sites (N-methyl/N-ethyl adjacent to an activating group) is 1. The van der Waals surface area contributed by atoms with Crippen LogP contribution < -0.4 is 5.32 Å². The third kappa shape index (κ3) is 1.94. The van der Waals surface area contributed by atoms with Gasteiger partial charge in [0.05, 0.1) is 0 Å². The summed E-state index contributed by atoms with van der Waals surface area (Å²) in [6, 6.07) is 2.91. The molecule has 1 N–H and O–H groups in total. The largest absolute Gasteiger partial charge is 0.316 e. The van der Waals surface area contributed by atoms with E-state index >= 15 is 0 Å². The quantitative estimate of drug-likeness (QED) is 0.779. The maximum Gasteiger partial charge on any atom is 0.0159 e. The fraction of sp³-hybridized carbons (Fsp3) is 0.636. The zero-order valence-corrected chi connectivity index (χ0v) is 9.16. The van der Waals surface area contributed by atoms with E-state index in [9.17, 15) is 0 Å². The Balaban J connectivity index is 1.99. The molecule has 1 aliphatic carbocycles. The number of hydrogen-bond acceptors (Lipinski definition) is 2. The Bertz CT molecular complexity index is 262. The first-order valence-electron chi connectivity index (χ1n) is 4.93. The Morgan fingerprint density at radius 2 is 2.38 bits per heavy atom. The topological polar surface area (TPSA) is 12.0 Å². The van der Waals surface area contributed by atoms with Gasteiger partial charge in [-0.3, -0.25) is 0 Å². The fourth-order valence-electron chi connectivity index (χ4n) is 1.89. The molecule has 1 atom stereocenters. The van der Waals surface area contributed by atoms with Crippen molar-refractivity contribution in [3.63, 3.8) is 0 Å². The van der Waals surface area contributed by atoms with E-state index in [0.717, 1.165) is 0 Å². The van der Waals surface area contributed by atoms with Crippen LogP contribution in [0.25, 0.3) is 0 Å². The van der Waals surface area contributed by atoms with Gasteiger partial charge in [0.2, 0.25) is 0 Å². The van der Waals surface area contributed by atoms with Gasteiger partial charge >= 0.3 is 0 Å². The molecule has 0 amide bonds. The highest BCUT2D eigenvalue weighted by atomic mass is 32.1. The van der Waals surface area contributed by atoms with Crippen LogP contribution in [0.2, 0.25) is 0 Å². The van der Waals surface area contributed by atoms with Gasteiger partial charge in [0.1, 0.15) is 0 Å². The van der Waals surface area contributed by atoms with Gasteiger partial charge in [-0.25, -0.2) is 0 Å². The maximum atomic E-state index is 3.45. The molecule has 0 bridgehead atoms. The summed E-state index contributed by atoms with van der Waals surface area (Å²) < 4.78 is 0. The number of hydrogen-bond donors (Lipinski definition) is 1. The number of thiophene rings is 1. The van der Waals surface area contributed by atoms with Crippen molar-refractivity contribution in [3.8, 4) is 0 Å². The van der Waals surface area contributed by atoms with E-state index in [1.54, 1.807) is 11.3 Å². The minimum absolute atomic E-state index is 0.580. The van der Waals surface area contributed by atoms with E-state index in [1.165, 1.54) is 24.8 Å². The summed E-state index contributed by atoms with van der Waals surface area (Å²) >= 11 is 1.80. The Hall–Kier alpha value is -0.340. The molecule has 2 heteroatoms. The summed E-state index contributed by atoms with van der Waals surface area (Å²) in [5.74, 6) is 0. The van der Waals surface area contributed by atoms with Crippen LogP contribution in [0.3, 0.4) is 0 Å². The van der Waals surface area contributed by atoms with Gasteiger partial charge in [0.15, 0.2) is 0 Å². The van der Waals surface area contributed by atoms with Crippen LogP contribution in [0.4, 0.5) is 0 Å². The van der Waals surface area contributed by atoms with Crippen molar-refractivity contribution in [2.24, 2.45) is 5.41 Å². The SMILES string of the molecule is CNC(Cc1ccsc1)C1(C)CC1. The molecule has 1 nitrogen and oxygen atoms in total. The average molecular weight is 195 g/mol. The summed E-state index contributed by atoms with van der Waals surface area (Å²) in [6.45, 7) is 2.39. The molecular weight excluding hydrogens is 178 g/mol.